The third kappa shape index (κ3) is 2.24. The minimum absolute atomic E-state index is 0.605. The summed E-state index contributed by atoms with van der Waals surface area (Å²) in [5, 5.41) is 8.92. The molecule has 3 heteroatoms. The Bertz CT molecular complexity index is 328. The summed E-state index contributed by atoms with van der Waals surface area (Å²) in [5.74, 6) is 0. The van der Waals surface area contributed by atoms with E-state index in [1.54, 1.807) is 0 Å². The third-order valence-electron chi connectivity index (χ3n) is 2.15. The molecular weight excluding hydrogens is 174 g/mol. The maximum absolute atomic E-state index is 8.92. The van der Waals surface area contributed by atoms with Crippen molar-refractivity contribution in [2.75, 3.05) is 24.5 Å². The number of anilines is 1. The van der Waals surface area contributed by atoms with Crippen LogP contribution in [-0.4, -0.2) is 19.6 Å². The molecule has 0 aromatic heterocycles. The first-order valence-corrected chi connectivity index (χ1v) is 4.77. The molecule has 0 bridgehead atoms. The molecule has 0 unspecified atom stereocenters. The minimum Gasteiger partial charge on any atom is -0.369 e. The molecule has 0 aliphatic carbocycles. The van der Waals surface area contributed by atoms with Crippen molar-refractivity contribution < 1.29 is 0 Å². The third-order valence-corrected chi connectivity index (χ3v) is 2.15. The Hall–Kier alpha value is -1.53. The molecule has 1 aromatic rings. The van der Waals surface area contributed by atoms with Gasteiger partial charge < -0.3 is 10.6 Å². The quantitative estimate of drug-likeness (QED) is 0.777. The van der Waals surface area contributed by atoms with E-state index in [1.807, 2.05) is 24.3 Å². The summed E-state index contributed by atoms with van der Waals surface area (Å²) in [6.45, 7) is 4.32. The highest BCUT2D eigenvalue weighted by atomic mass is 15.1. The number of nitrogens with two attached hydrogens (primary N) is 1. The van der Waals surface area contributed by atoms with Crippen molar-refractivity contribution in [2.24, 2.45) is 5.73 Å². The fourth-order valence-electron chi connectivity index (χ4n) is 1.45. The molecule has 0 saturated carbocycles. The summed E-state index contributed by atoms with van der Waals surface area (Å²) in [5.41, 5.74) is 7.20. The Morgan fingerprint density at radius 3 is 2.71 bits per heavy atom. The summed E-state index contributed by atoms with van der Waals surface area (Å²) >= 11 is 0. The van der Waals surface area contributed by atoms with Gasteiger partial charge in [0.15, 0.2) is 0 Å². The predicted molar refractivity (Wildman–Crippen MR) is 58.1 cm³/mol. The van der Waals surface area contributed by atoms with Crippen molar-refractivity contribution in [3.8, 4) is 6.07 Å². The van der Waals surface area contributed by atoms with Gasteiger partial charge in [-0.15, -0.1) is 0 Å². The Kier molecular flexibility index (Phi) is 3.96. The fraction of sp³-hybridized carbons (Fsp3) is 0.364. The molecule has 0 spiro atoms. The number of nitrogens with zero attached hydrogens (tertiary/aromatic N) is 2. The van der Waals surface area contributed by atoms with Gasteiger partial charge in [0.2, 0.25) is 0 Å². The summed E-state index contributed by atoms with van der Waals surface area (Å²) in [6, 6.07) is 9.78. The SMILES string of the molecule is CCN(CCN)c1ccccc1C#N. The van der Waals surface area contributed by atoms with Crippen LogP contribution in [0.15, 0.2) is 24.3 Å². The molecule has 14 heavy (non-hydrogen) atoms. The first-order valence-electron chi connectivity index (χ1n) is 4.77. The van der Waals surface area contributed by atoms with Crippen molar-refractivity contribution in [3.05, 3.63) is 29.8 Å². The van der Waals surface area contributed by atoms with Gasteiger partial charge in [-0.25, -0.2) is 0 Å². The van der Waals surface area contributed by atoms with Crippen molar-refractivity contribution in [1.82, 2.24) is 0 Å². The molecule has 2 N–H and O–H groups in total. The average molecular weight is 189 g/mol. The van der Waals surface area contributed by atoms with Gasteiger partial charge in [0.25, 0.3) is 0 Å². The van der Waals surface area contributed by atoms with Gasteiger partial charge in [-0.05, 0) is 19.1 Å². The van der Waals surface area contributed by atoms with Crippen LogP contribution in [0.5, 0.6) is 0 Å². The van der Waals surface area contributed by atoms with Gasteiger partial charge in [0.05, 0.1) is 11.3 Å². The van der Waals surface area contributed by atoms with Crippen LogP contribution in [0.4, 0.5) is 5.69 Å². The molecule has 0 radical (unpaired) electrons. The molecule has 0 fully saturated rings. The maximum Gasteiger partial charge on any atom is 0.101 e. The van der Waals surface area contributed by atoms with E-state index in [4.69, 9.17) is 11.0 Å². The van der Waals surface area contributed by atoms with Crippen LogP contribution in [-0.2, 0) is 0 Å². The minimum atomic E-state index is 0.605. The number of nitriles is 1. The number of para-hydroxylation sites is 1. The monoisotopic (exact) mass is 189 g/mol. The van der Waals surface area contributed by atoms with Crippen molar-refractivity contribution in [2.45, 2.75) is 6.92 Å². The molecule has 74 valence electrons. The fourth-order valence-corrected chi connectivity index (χ4v) is 1.45. The average Bonchev–Trinajstić information content (AvgIpc) is 2.26. The van der Waals surface area contributed by atoms with E-state index in [-0.39, 0.29) is 0 Å². The standard InChI is InChI=1S/C11H15N3/c1-2-14(8-7-12)11-6-4-3-5-10(11)9-13/h3-6H,2,7-8,12H2,1H3. The van der Waals surface area contributed by atoms with Crippen LogP contribution in [0, 0.1) is 11.3 Å². The lowest BCUT2D eigenvalue weighted by atomic mass is 10.1. The van der Waals surface area contributed by atoms with Gasteiger partial charge >= 0.3 is 0 Å². The number of likely N-dealkylation sites (N-methyl/N-ethyl adjacent to an activating group) is 1. The number of hydrogen-bond acceptors (Lipinski definition) is 3. The molecule has 0 aliphatic rings. The van der Waals surface area contributed by atoms with E-state index in [9.17, 15) is 0 Å². The lowest BCUT2D eigenvalue weighted by Crippen LogP contribution is -2.29. The topological polar surface area (TPSA) is 53.0 Å². The van der Waals surface area contributed by atoms with E-state index >= 15 is 0 Å². The lowest BCUT2D eigenvalue weighted by Gasteiger charge is -2.23. The zero-order valence-corrected chi connectivity index (χ0v) is 8.40. The Balaban J connectivity index is 2.97. The summed E-state index contributed by atoms with van der Waals surface area (Å²) in [7, 11) is 0. The smallest absolute Gasteiger partial charge is 0.101 e. The molecule has 0 amide bonds. The zero-order chi connectivity index (χ0) is 10.4. The predicted octanol–water partition coefficient (Wildman–Crippen LogP) is 1.34. The van der Waals surface area contributed by atoms with E-state index < -0.39 is 0 Å². The molecule has 0 heterocycles. The van der Waals surface area contributed by atoms with E-state index in [1.165, 1.54) is 0 Å². The number of rotatable bonds is 4. The van der Waals surface area contributed by atoms with Crippen molar-refractivity contribution in [1.29, 1.82) is 5.26 Å². The van der Waals surface area contributed by atoms with Crippen molar-refractivity contribution in [3.63, 3.8) is 0 Å². The summed E-state index contributed by atoms with van der Waals surface area (Å²) < 4.78 is 0. The first kappa shape index (κ1) is 10.6. The Morgan fingerprint density at radius 2 is 2.14 bits per heavy atom. The van der Waals surface area contributed by atoms with Gasteiger partial charge in [-0.3, -0.25) is 0 Å². The van der Waals surface area contributed by atoms with Gasteiger partial charge in [0, 0.05) is 19.6 Å². The second kappa shape index (κ2) is 5.25. The number of benzene rings is 1. The van der Waals surface area contributed by atoms with Crippen LogP contribution < -0.4 is 10.6 Å². The van der Waals surface area contributed by atoms with E-state index in [2.05, 4.69) is 17.9 Å². The Morgan fingerprint density at radius 1 is 1.43 bits per heavy atom. The zero-order valence-electron chi connectivity index (χ0n) is 8.40. The van der Waals surface area contributed by atoms with Gasteiger partial charge in [-0.2, -0.15) is 5.26 Å². The molecule has 3 nitrogen and oxygen atoms in total. The molecule has 0 saturated heterocycles. The van der Waals surface area contributed by atoms with Crippen LogP contribution >= 0.6 is 0 Å². The van der Waals surface area contributed by atoms with Crippen LogP contribution in [0.25, 0.3) is 0 Å². The normalized spacial score (nSPS) is 9.50. The van der Waals surface area contributed by atoms with E-state index in [0.717, 1.165) is 18.8 Å². The highest BCUT2D eigenvalue weighted by Crippen LogP contribution is 2.18. The van der Waals surface area contributed by atoms with Crippen LogP contribution in [0.2, 0.25) is 0 Å². The second-order valence-corrected chi connectivity index (χ2v) is 3.00. The van der Waals surface area contributed by atoms with Gasteiger partial charge in [0.1, 0.15) is 6.07 Å². The second-order valence-electron chi connectivity index (χ2n) is 3.00. The Labute approximate surface area is 84.7 Å². The maximum atomic E-state index is 8.92. The molecule has 0 atom stereocenters. The number of hydrogen-bond donors (Lipinski definition) is 1. The molecule has 0 aliphatic heterocycles. The molecule has 1 rings (SSSR count). The molecule has 1 aromatic carbocycles. The van der Waals surface area contributed by atoms with Crippen molar-refractivity contribution >= 4 is 5.69 Å². The highest BCUT2D eigenvalue weighted by molar-refractivity contribution is 5.59. The lowest BCUT2D eigenvalue weighted by molar-refractivity contribution is 0.815. The first-order chi connectivity index (χ1) is 6.83. The van der Waals surface area contributed by atoms with Crippen LogP contribution in [0.1, 0.15) is 12.5 Å². The van der Waals surface area contributed by atoms with Gasteiger partial charge in [-0.1, -0.05) is 12.1 Å². The highest BCUT2D eigenvalue weighted by Gasteiger charge is 2.07. The summed E-state index contributed by atoms with van der Waals surface area (Å²) in [6.07, 6.45) is 0. The van der Waals surface area contributed by atoms with Crippen LogP contribution in [0.3, 0.4) is 0 Å². The molecular formula is C11H15N3. The van der Waals surface area contributed by atoms with E-state index in [0.29, 0.717) is 12.1 Å². The summed E-state index contributed by atoms with van der Waals surface area (Å²) in [4.78, 5) is 2.11. The largest absolute Gasteiger partial charge is 0.369 e.